The average molecular weight is 192 g/mol. The number of nitrogens with two attached hydrogens (primary N) is 1. The molecule has 1 aliphatic rings. The zero-order valence-electron chi connectivity index (χ0n) is 8.43. The van der Waals surface area contributed by atoms with Crippen LogP contribution in [-0.4, -0.2) is 28.6 Å². The van der Waals surface area contributed by atoms with Crippen LogP contribution in [0.4, 0.5) is 5.82 Å². The molecule has 1 atom stereocenters. The van der Waals surface area contributed by atoms with Crippen molar-refractivity contribution >= 4 is 5.82 Å². The largest absolute Gasteiger partial charge is 0.351 e. The highest BCUT2D eigenvalue weighted by Crippen LogP contribution is 2.29. The van der Waals surface area contributed by atoms with Crippen molar-refractivity contribution in [2.75, 3.05) is 11.4 Å². The molecule has 1 heterocycles. The van der Waals surface area contributed by atoms with Crippen molar-refractivity contribution in [1.82, 2.24) is 9.97 Å². The van der Waals surface area contributed by atoms with E-state index in [1.54, 1.807) is 18.6 Å². The van der Waals surface area contributed by atoms with Gasteiger partial charge in [-0.3, -0.25) is 4.98 Å². The third-order valence-corrected chi connectivity index (χ3v) is 2.32. The third-order valence-electron chi connectivity index (χ3n) is 2.32. The van der Waals surface area contributed by atoms with Gasteiger partial charge in [0.1, 0.15) is 5.82 Å². The Labute approximate surface area is 84.2 Å². The van der Waals surface area contributed by atoms with E-state index in [-0.39, 0.29) is 6.04 Å². The predicted octanol–water partition coefficient (Wildman–Crippen LogP) is 0.793. The smallest absolute Gasteiger partial charge is 0.147 e. The summed E-state index contributed by atoms with van der Waals surface area (Å²) in [6.07, 6.45) is 7.74. The second-order valence-corrected chi connectivity index (χ2v) is 3.92. The van der Waals surface area contributed by atoms with Crippen molar-refractivity contribution in [1.29, 1.82) is 0 Å². The lowest BCUT2D eigenvalue weighted by Gasteiger charge is -2.24. The normalized spacial score (nSPS) is 17.9. The van der Waals surface area contributed by atoms with Gasteiger partial charge in [0.05, 0.1) is 6.20 Å². The topological polar surface area (TPSA) is 55.0 Å². The molecule has 1 aromatic rings. The van der Waals surface area contributed by atoms with Gasteiger partial charge in [-0.15, -0.1) is 0 Å². The zero-order valence-corrected chi connectivity index (χ0v) is 8.43. The van der Waals surface area contributed by atoms with Crippen LogP contribution in [0.25, 0.3) is 0 Å². The summed E-state index contributed by atoms with van der Waals surface area (Å²) in [5, 5.41) is 0. The quantitative estimate of drug-likeness (QED) is 0.766. The van der Waals surface area contributed by atoms with Gasteiger partial charge in [0, 0.05) is 31.0 Å². The molecule has 0 bridgehead atoms. The molecule has 1 aromatic heterocycles. The second-order valence-electron chi connectivity index (χ2n) is 3.92. The second kappa shape index (κ2) is 3.92. The van der Waals surface area contributed by atoms with E-state index >= 15 is 0 Å². The van der Waals surface area contributed by atoms with Crippen LogP contribution in [0.15, 0.2) is 18.6 Å². The molecule has 0 saturated heterocycles. The fraction of sp³-hybridized carbons (Fsp3) is 0.600. The highest BCUT2D eigenvalue weighted by molar-refractivity contribution is 5.38. The van der Waals surface area contributed by atoms with E-state index in [0.29, 0.717) is 6.04 Å². The number of anilines is 1. The van der Waals surface area contributed by atoms with Crippen LogP contribution < -0.4 is 10.6 Å². The molecule has 4 heteroatoms. The van der Waals surface area contributed by atoms with Gasteiger partial charge in [-0.25, -0.2) is 4.98 Å². The van der Waals surface area contributed by atoms with Crippen molar-refractivity contribution < 1.29 is 0 Å². The lowest BCUT2D eigenvalue weighted by Crippen LogP contribution is -2.37. The summed E-state index contributed by atoms with van der Waals surface area (Å²) in [6.45, 7) is 2.88. The van der Waals surface area contributed by atoms with Crippen molar-refractivity contribution in [2.24, 2.45) is 5.73 Å². The van der Waals surface area contributed by atoms with Gasteiger partial charge in [0.25, 0.3) is 0 Å². The van der Waals surface area contributed by atoms with Gasteiger partial charge < -0.3 is 10.6 Å². The minimum absolute atomic E-state index is 0.178. The Morgan fingerprint density at radius 3 is 2.86 bits per heavy atom. The number of nitrogens with zero attached hydrogens (tertiary/aromatic N) is 3. The average Bonchev–Trinajstić information content (AvgIpc) is 2.99. The monoisotopic (exact) mass is 192 g/mol. The van der Waals surface area contributed by atoms with E-state index < -0.39 is 0 Å². The van der Waals surface area contributed by atoms with Crippen LogP contribution in [0.2, 0.25) is 0 Å². The van der Waals surface area contributed by atoms with Crippen LogP contribution in [0, 0.1) is 0 Å². The van der Waals surface area contributed by atoms with Gasteiger partial charge in [-0.2, -0.15) is 0 Å². The lowest BCUT2D eigenvalue weighted by atomic mass is 10.3. The van der Waals surface area contributed by atoms with E-state index in [1.807, 2.05) is 6.92 Å². The van der Waals surface area contributed by atoms with Crippen LogP contribution in [-0.2, 0) is 0 Å². The van der Waals surface area contributed by atoms with Gasteiger partial charge in [-0.05, 0) is 19.8 Å². The highest BCUT2D eigenvalue weighted by atomic mass is 15.2. The Morgan fingerprint density at radius 1 is 1.57 bits per heavy atom. The maximum absolute atomic E-state index is 5.81. The molecular formula is C10H16N4. The van der Waals surface area contributed by atoms with Crippen LogP contribution >= 0.6 is 0 Å². The molecule has 0 spiro atoms. The summed E-state index contributed by atoms with van der Waals surface area (Å²) in [7, 11) is 0. The van der Waals surface area contributed by atoms with Crippen molar-refractivity contribution in [3.05, 3.63) is 18.6 Å². The van der Waals surface area contributed by atoms with E-state index in [0.717, 1.165) is 12.4 Å². The molecule has 1 aliphatic carbocycles. The number of hydrogen-bond acceptors (Lipinski definition) is 4. The number of hydrogen-bond donors (Lipinski definition) is 1. The molecular weight excluding hydrogens is 176 g/mol. The summed E-state index contributed by atoms with van der Waals surface area (Å²) in [5.74, 6) is 0.951. The molecule has 0 amide bonds. The van der Waals surface area contributed by atoms with Crippen LogP contribution in [0.3, 0.4) is 0 Å². The van der Waals surface area contributed by atoms with Crippen molar-refractivity contribution in [2.45, 2.75) is 31.8 Å². The summed E-state index contributed by atoms with van der Waals surface area (Å²) in [6, 6.07) is 0.815. The zero-order chi connectivity index (χ0) is 9.97. The molecule has 0 aliphatic heterocycles. The molecule has 1 unspecified atom stereocenters. The highest BCUT2D eigenvalue weighted by Gasteiger charge is 2.30. The van der Waals surface area contributed by atoms with Gasteiger partial charge in [0.2, 0.25) is 0 Å². The molecule has 2 rings (SSSR count). The molecule has 0 radical (unpaired) electrons. The fourth-order valence-electron chi connectivity index (χ4n) is 1.57. The Hall–Kier alpha value is -1.16. The van der Waals surface area contributed by atoms with E-state index in [1.165, 1.54) is 12.8 Å². The molecule has 76 valence electrons. The van der Waals surface area contributed by atoms with E-state index in [2.05, 4.69) is 14.9 Å². The third kappa shape index (κ3) is 2.20. The molecule has 1 fully saturated rings. The fourth-order valence-corrected chi connectivity index (χ4v) is 1.57. The maximum atomic E-state index is 5.81. The molecule has 1 saturated carbocycles. The Morgan fingerprint density at radius 2 is 2.36 bits per heavy atom. The maximum Gasteiger partial charge on any atom is 0.147 e. The van der Waals surface area contributed by atoms with Gasteiger partial charge in [-0.1, -0.05) is 0 Å². The van der Waals surface area contributed by atoms with Crippen LogP contribution in [0.5, 0.6) is 0 Å². The summed E-state index contributed by atoms with van der Waals surface area (Å²) in [4.78, 5) is 10.6. The van der Waals surface area contributed by atoms with Gasteiger partial charge >= 0.3 is 0 Å². The first kappa shape index (κ1) is 9.40. The van der Waals surface area contributed by atoms with Crippen molar-refractivity contribution in [3.8, 4) is 0 Å². The predicted molar refractivity (Wildman–Crippen MR) is 56.0 cm³/mol. The summed E-state index contributed by atoms with van der Waals surface area (Å²) >= 11 is 0. The standard InChI is InChI=1S/C10H16N4/c1-8(11)7-14(9-2-3-9)10-6-12-4-5-13-10/h4-6,8-9H,2-3,7,11H2,1H3. The first-order valence-electron chi connectivity index (χ1n) is 5.05. The SMILES string of the molecule is CC(N)CN(c1cnccn1)C1CC1. The van der Waals surface area contributed by atoms with E-state index in [9.17, 15) is 0 Å². The summed E-state index contributed by atoms with van der Waals surface area (Å²) < 4.78 is 0. The first-order valence-corrected chi connectivity index (χ1v) is 5.05. The first-order chi connectivity index (χ1) is 6.77. The van der Waals surface area contributed by atoms with E-state index in [4.69, 9.17) is 5.73 Å². The Balaban J connectivity index is 2.10. The summed E-state index contributed by atoms with van der Waals surface area (Å²) in [5.41, 5.74) is 5.81. The number of rotatable bonds is 4. The Bertz CT molecular complexity index is 281. The molecule has 2 N–H and O–H groups in total. The van der Waals surface area contributed by atoms with Crippen LogP contribution in [0.1, 0.15) is 19.8 Å². The minimum Gasteiger partial charge on any atom is -0.351 e. The van der Waals surface area contributed by atoms with Gasteiger partial charge in [0.15, 0.2) is 0 Å². The van der Waals surface area contributed by atoms with Crippen molar-refractivity contribution in [3.63, 3.8) is 0 Å². The minimum atomic E-state index is 0.178. The Kier molecular flexibility index (Phi) is 2.63. The molecule has 0 aromatic carbocycles. The molecule has 4 nitrogen and oxygen atoms in total. The molecule has 14 heavy (non-hydrogen) atoms. The lowest BCUT2D eigenvalue weighted by molar-refractivity contribution is 0.665. The number of aromatic nitrogens is 2.